The van der Waals surface area contributed by atoms with Gasteiger partial charge in [0.2, 0.25) is 5.91 Å². The lowest BCUT2D eigenvalue weighted by Crippen LogP contribution is -2.23. The van der Waals surface area contributed by atoms with Crippen molar-refractivity contribution in [3.63, 3.8) is 0 Å². The number of unbranched alkanes of at least 4 members (excludes halogenated alkanes) is 1. The van der Waals surface area contributed by atoms with Crippen LogP contribution in [0.15, 0.2) is 102 Å². The van der Waals surface area contributed by atoms with E-state index in [9.17, 15) is 4.79 Å². The van der Waals surface area contributed by atoms with Gasteiger partial charge in [0.25, 0.3) is 0 Å². The molecule has 0 atom stereocenters. The van der Waals surface area contributed by atoms with E-state index in [0.717, 1.165) is 52.8 Å². The van der Waals surface area contributed by atoms with Crippen LogP contribution in [0.3, 0.4) is 0 Å². The molecule has 0 spiro atoms. The number of amides is 1. The molecule has 1 N–H and O–H groups in total. The zero-order valence-corrected chi connectivity index (χ0v) is 20.9. The normalized spacial score (nSPS) is 11.1. The number of hydrogen-bond donors (Lipinski definition) is 1. The molecule has 4 aromatic rings. The van der Waals surface area contributed by atoms with E-state index >= 15 is 0 Å². The van der Waals surface area contributed by atoms with Crippen LogP contribution in [-0.2, 0) is 11.3 Å². The Kier molecular flexibility index (Phi) is 8.96. The maximum Gasteiger partial charge on any atom is 0.244 e. The second-order valence-corrected chi connectivity index (χ2v) is 9.27. The molecule has 1 heterocycles. The Morgan fingerprint density at radius 1 is 0.914 bits per heavy atom. The Morgan fingerprint density at radius 3 is 2.20 bits per heavy atom. The summed E-state index contributed by atoms with van der Waals surface area (Å²) in [4.78, 5) is 17.3. The van der Waals surface area contributed by atoms with Crippen LogP contribution in [0.4, 0.5) is 0 Å². The monoisotopic (exact) mass is 481 g/mol. The van der Waals surface area contributed by atoms with Crippen molar-refractivity contribution < 1.29 is 4.79 Å². The van der Waals surface area contributed by atoms with Gasteiger partial charge in [0, 0.05) is 36.0 Å². The molecule has 0 radical (unpaired) electrons. The second-order valence-electron chi connectivity index (χ2n) is 8.21. The first-order valence-corrected chi connectivity index (χ1v) is 13.1. The molecule has 1 amide bonds. The molecular formula is C30H31N3OS. The van der Waals surface area contributed by atoms with Crippen LogP contribution in [-0.4, -0.2) is 27.8 Å². The van der Waals surface area contributed by atoms with Gasteiger partial charge in [-0.15, -0.1) is 0 Å². The van der Waals surface area contributed by atoms with Gasteiger partial charge >= 0.3 is 0 Å². The predicted octanol–water partition coefficient (Wildman–Crippen LogP) is 6.94. The molecule has 0 saturated heterocycles. The smallest absolute Gasteiger partial charge is 0.244 e. The van der Waals surface area contributed by atoms with Crippen LogP contribution in [0.5, 0.6) is 0 Å². The van der Waals surface area contributed by atoms with Gasteiger partial charge in [-0.05, 0) is 18.1 Å². The fourth-order valence-electron chi connectivity index (χ4n) is 3.86. The summed E-state index contributed by atoms with van der Waals surface area (Å²) in [5.74, 6) is 0.662. The van der Waals surface area contributed by atoms with Crippen LogP contribution < -0.4 is 5.32 Å². The average molecular weight is 482 g/mol. The molecule has 0 aliphatic rings. The predicted molar refractivity (Wildman–Crippen MR) is 147 cm³/mol. The number of nitrogens with zero attached hydrogens (tertiary/aromatic N) is 2. The SMILES string of the molecule is CCCCn1c(SCCNC(=O)C=Cc2ccccc2)nc(-c2ccccc2)c1-c1ccccc1. The second kappa shape index (κ2) is 12.8. The van der Waals surface area contributed by atoms with E-state index in [1.165, 1.54) is 5.56 Å². The van der Waals surface area contributed by atoms with Gasteiger partial charge in [-0.1, -0.05) is 116 Å². The number of nitrogens with one attached hydrogen (secondary N) is 1. The molecule has 35 heavy (non-hydrogen) atoms. The standard InChI is InChI=1S/C30H31N3OS/c1-2-3-22-33-29(26-17-11-6-12-18-26)28(25-15-9-5-10-16-25)32-30(33)35-23-21-31-27(34)20-19-24-13-7-4-8-14-24/h4-20H,2-3,21-23H2,1H3,(H,31,34). The average Bonchev–Trinajstić information content (AvgIpc) is 3.28. The van der Waals surface area contributed by atoms with E-state index in [0.29, 0.717) is 6.54 Å². The molecule has 0 aliphatic heterocycles. The van der Waals surface area contributed by atoms with E-state index in [-0.39, 0.29) is 5.91 Å². The van der Waals surface area contributed by atoms with Gasteiger partial charge in [0.1, 0.15) is 0 Å². The zero-order chi connectivity index (χ0) is 24.3. The van der Waals surface area contributed by atoms with Gasteiger partial charge in [-0.2, -0.15) is 0 Å². The highest BCUT2D eigenvalue weighted by molar-refractivity contribution is 7.99. The zero-order valence-electron chi connectivity index (χ0n) is 20.1. The van der Waals surface area contributed by atoms with E-state index in [1.807, 2.05) is 48.5 Å². The molecule has 0 aliphatic carbocycles. The summed E-state index contributed by atoms with van der Waals surface area (Å²) in [6.07, 6.45) is 5.61. The van der Waals surface area contributed by atoms with Crippen LogP contribution in [0.2, 0.25) is 0 Å². The Morgan fingerprint density at radius 2 is 1.54 bits per heavy atom. The van der Waals surface area contributed by atoms with E-state index in [4.69, 9.17) is 4.98 Å². The maximum atomic E-state index is 12.2. The minimum atomic E-state index is -0.0845. The number of aromatic nitrogens is 2. The topological polar surface area (TPSA) is 46.9 Å². The number of imidazole rings is 1. The van der Waals surface area contributed by atoms with E-state index in [2.05, 4.69) is 65.3 Å². The molecule has 178 valence electrons. The largest absolute Gasteiger partial charge is 0.352 e. The highest BCUT2D eigenvalue weighted by Crippen LogP contribution is 2.36. The third kappa shape index (κ3) is 6.74. The number of hydrogen-bond acceptors (Lipinski definition) is 3. The molecule has 5 heteroatoms. The first-order chi connectivity index (χ1) is 17.3. The van der Waals surface area contributed by atoms with E-state index < -0.39 is 0 Å². The molecule has 0 saturated carbocycles. The van der Waals surface area contributed by atoms with Crippen molar-refractivity contribution in [1.82, 2.24) is 14.9 Å². The summed E-state index contributed by atoms with van der Waals surface area (Å²) in [5, 5.41) is 3.98. The van der Waals surface area contributed by atoms with Crippen molar-refractivity contribution >= 4 is 23.7 Å². The lowest BCUT2D eigenvalue weighted by Gasteiger charge is -2.12. The van der Waals surface area contributed by atoms with Gasteiger partial charge < -0.3 is 9.88 Å². The minimum absolute atomic E-state index is 0.0845. The number of benzene rings is 3. The number of thioether (sulfide) groups is 1. The van der Waals surface area contributed by atoms with Crippen LogP contribution in [0.1, 0.15) is 25.3 Å². The van der Waals surface area contributed by atoms with Gasteiger partial charge in [-0.25, -0.2) is 4.98 Å². The van der Waals surface area contributed by atoms with Gasteiger partial charge in [0.05, 0.1) is 11.4 Å². The van der Waals surface area contributed by atoms with Crippen molar-refractivity contribution in [3.05, 3.63) is 103 Å². The quantitative estimate of drug-likeness (QED) is 0.143. The summed E-state index contributed by atoms with van der Waals surface area (Å²) in [5.41, 5.74) is 5.45. The summed E-state index contributed by atoms with van der Waals surface area (Å²) in [6.45, 7) is 3.70. The fourth-order valence-corrected chi connectivity index (χ4v) is 4.74. The molecule has 0 unspecified atom stereocenters. The van der Waals surface area contributed by atoms with Crippen molar-refractivity contribution in [2.24, 2.45) is 0 Å². The number of carbonyl (C=O) groups excluding carboxylic acids is 1. The Hall–Kier alpha value is -3.57. The summed E-state index contributed by atoms with van der Waals surface area (Å²) in [7, 11) is 0. The van der Waals surface area contributed by atoms with Crippen molar-refractivity contribution in [3.8, 4) is 22.5 Å². The molecule has 0 fully saturated rings. The van der Waals surface area contributed by atoms with Crippen molar-refractivity contribution in [2.45, 2.75) is 31.5 Å². The Bertz CT molecular complexity index is 1230. The molecule has 0 bridgehead atoms. The third-order valence-electron chi connectivity index (χ3n) is 5.62. The molecule has 3 aromatic carbocycles. The fraction of sp³-hybridized carbons (Fsp3) is 0.200. The minimum Gasteiger partial charge on any atom is -0.352 e. The highest BCUT2D eigenvalue weighted by atomic mass is 32.2. The summed E-state index contributed by atoms with van der Waals surface area (Å²) >= 11 is 1.69. The molecule has 4 nitrogen and oxygen atoms in total. The van der Waals surface area contributed by atoms with Gasteiger partial charge in [0.15, 0.2) is 5.16 Å². The van der Waals surface area contributed by atoms with Crippen molar-refractivity contribution in [2.75, 3.05) is 12.3 Å². The molecule has 1 aromatic heterocycles. The third-order valence-corrected chi connectivity index (χ3v) is 6.60. The van der Waals surface area contributed by atoms with Gasteiger partial charge in [-0.3, -0.25) is 4.79 Å². The highest BCUT2D eigenvalue weighted by Gasteiger charge is 2.20. The van der Waals surface area contributed by atoms with Crippen LogP contribution in [0, 0.1) is 0 Å². The van der Waals surface area contributed by atoms with Crippen LogP contribution >= 0.6 is 11.8 Å². The summed E-state index contributed by atoms with van der Waals surface area (Å²) in [6, 6.07) is 30.7. The first kappa shape index (κ1) is 24.6. The summed E-state index contributed by atoms with van der Waals surface area (Å²) < 4.78 is 2.35. The lowest BCUT2D eigenvalue weighted by atomic mass is 10.0. The molecule has 4 rings (SSSR count). The number of rotatable bonds is 11. The Labute approximate surface area is 212 Å². The lowest BCUT2D eigenvalue weighted by molar-refractivity contribution is -0.116. The maximum absolute atomic E-state index is 12.2. The molecular weight excluding hydrogens is 450 g/mol. The number of carbonyl (C=O) groups is 1. The van der Waals surface area contributed by atoms with Crippen LogP contribution in [0.25, 0.3) is 28.6 Å². The van der Waals surface area contributed by atoms with Crippen molar-refractivity contribution in [1.29, 1.82) is 0 Å². The Balaban J connectivity index is 1.51. The first-order valence-electron chi connectivity index (χ1n) is 12.1. The van der Waals surface area contributed by atoms with E-state index in [1.54, 1.807) is 17.8 Å².